The second-order valence-corrected chi connectivity index (χ2v) is 2.30. The Morgan fingerprint density at radius 1 is 0.923 bits per heavy atom. The van der Waals surface area contributed by atoms with Crippen molar-refractivity contribution in [1.82, 2.24) is 0 Å². The smallest absolute Gasteiger partial charge is 0 e. The van der Waals surface area contributed by atoms with Gasteiger partial charge in [-0.05, 0) is 5.92 Å². The molecular formula is C10H26Ar3. The van der Waals surface area contributed by atoms with Crippen LogP contribution in [0.5, 0.6) is 0 Å². The third-order valence-electron chi connectivity index (χ3n) is 1.48. The van der Waals surface area contributed by atoms with Crippen molar-refractivity contribution < 1.29 is 113 Å². The fourth-order valence-electron chi connectivity index (χ4n) is 0.697. The number of rotatable bonds is 3. The van der Waals surface area contributed by atoms with E-state index in [9.17, 15) is 0 Å². The van der Waals surface area contributed by atoms with Crippen LogP contribution in [-0.2, 0) is 0 Å². The summed E-state index contributed by atoms with van der Waals surface area (Å²) in [6.45, 7) is 10.8. The molecule has 0 heterocycles. The first-order valence-corrected chi connectivity index (χ1v) is 4.31. The molecule has 0 amide bonds. The molecule has 0 aliphatic carbocycles. The minimum atomic E-state index is 0. The van der Waals surface area contributed by atoms with Crippen molar-refractivity contribution in [3.05, 3.63) is 0 Å². The molecule has 0 fully saturated rings. The van der Waals surface area contributed by atoms with Crippen molar-refractivity contribution in [3.8, 4) is 0 Å². The van der Waals surface area contributed by atoms with E-state index in [1.165, 1.54) is 19.3 Å². The second-order valence-electron chi connectivity index (χ2n) is 2.30. The van der Waals surface area contributed by atoms with Crippen molar-refractivity contribution in [2.75, 3.05) is 0 Å². The van der Waals surface area contributed by atoms with Crippen LogP contribution >= 0.6 is 0 Å². The van der Waals surface area contributed by atoms with Gasteiger partial charge in [-0.25, -0.2) is 0 Å². The Morgan fingerprint density at radius 2 is 1.23 bits per heavy atom. The van der Waals surface area contributed by atoms with E-state index in [4.69, 9.17) is 0 Å². The predicted molar refractivity (Wildman–Crippen MR) is 52.4 cm³/mol. The first-order valence-electron chi connectivity index (χ1n) is 4.31. The largest absolute Gasteiger partial charge is 0.0776 e. The molecule has 0 aromatic carbocycles. The summed E-state index contributed by atoms with van der Waals surface area (Å²) in [5, 5.41) is 0. The van der Waals surface area contributed by atoms with E-state index >= 15 is 0 Å². The molecule has 0 saturated carbocycles. The zero-order valence-corrected chi connectivity index (χ0v) is 10.9. The van der Waals surface area contributed by atoms with Crippen LogP contribution in [0.1, 0.15) is 61.3 Å². The molecule has 0 rings (SSSR count). The number of hydrogen-bond acceptors (Lipinski definition) is 0. The van der Waals surface area contributed by atoms with E-state index in [1.54, 1.807) is 0 Å². The SMILES string of the molecule is C.CC.CCCC(C)CC.[Ar].[Ar].[Ar]. The van der Waals surface area contributed by atoms with Crippen LogP contribution in [0, 0.1) is 119 Å². The van der Waals surface area contributed by atoms with Gasteiger partial charge >= 0.3 is 0 Å². The maximum Gasteiger partial charge on any atom is 0 e. The Morgan fingerprint density at radius 3 is 1.31 bits per heavy atom. The summed E-state index contributed by atoms with van der Waals surface area (Å²) in [7, 11) is 0. The zero-order valence-electron chi connectivity index (χ0n) is 8.76. The van der Waals surface area contributed by atoms with Gasteiger partial charge in [0.25, 0.3) is 0 Å². The topological polar surface area (TPSA) is 0 Å². The van der Waals surface area contributed by atoms with Crippen LogP contribution in [0.2, 0.25) is 0 Å². The van der Waals surface area contributed by atoms with Crippen molar-refractivity contribution >= 4 is 0 Å². The summed E-state index contributed by atoms with van der Waals surface area (Å²) in [5.74, 6) is 0.949. The molecule has 0 aliphatic rings. The van der Waals surface area contributed by atoms with E-state index in [2.05, 4.69) is 20.8 Å². The maximum absolute atomic E-state index is 2.31. The van der Waals surface area contributed by atoms with Crippen molar-refractivity contribution in [3.63, 3.8) is 0 Å². The quantitative estimate of drug-likeness (QED) is 0.705. The zero-order chi connectivity index (χ0) is 7.70. The summed E-state index contributed by atoms with van der Waals surface area (Å²) in [6.07, 6.45) is 4.08. The Labute approximate surface area is 176 Å². The molecule has 1 unspecified atom stereocenters. The van der Waals surface area contributed by atoms with Gasteiger partial charge in [0.05, 0.1) is 0 Å². The Hall–Kier alpha value is 3.78. The standard InChI is InChI=1S/C7H16.C2H6.CH4.3Ar/c1-4-6-7(3)5-2;1-2;;;;/h7H,4-6H2,1-3H3;1-2H3;1H4;;;. The Balaban J connectivity index is -0.0000000191. The summed E-state index contributed by atoms with van der Waals surface area (Å²) < 4.78 is 0. The van der Waals surface area contributed by atoms with Gasteiger partial charge in [0, 0.05) is 113 Å². The molecule has 0 aromatic rings. The van der Waals surface area contributed by atoms with Gasteiger partial charge in [-0.15, -0.1) is 0 Å². The third kappa shape index (κ3) is 38.9. The van der Waals surface area contributed by atoms with E-state index in [-0.39, 0.29) is 121 Å². The monoisotopic (exact) mass is 266 g/mol. The van der Waals surface area contributed by atoms with E-state index in [0.29, 0.717) is 0 Å². The molecule has 0 aliphatic heterocycles. The van der Waals surface area contributed by atoms with Crippen LogP contribution in [0.4, 0.5) is 0 Å². The average molecular weight is 266 g/mol. The van der Waals surface area contributed by atoms with Crippen molar-refractivity contribution in [1.29, 1.82) is 0 Å². The predicted octanol–water partition coefficient (Wildman–Crippen LogP) is 4.49. The van der Waals surface area contributed by atoms with Crippen molar-refractivity contribution in [2.45, 2.75) is 61.3 Å². The third-order valence-corrected chi connectivity index (χ3v) is 1.48. The first kappa shape index (κ1) is 36.0. The van der Waals surface area contributed by atoms with E-state index in [1.807, 2.05) is 13.8 Å². The molecule has 0 saturated heterocycles. The average Bonchev–Trinajstić information content (AvgIpc) is 1.93. The van der Waals surface area contributed by atoms with Crippen LogP contribution in [0.25, 0.3) is 0 Å². The molecule has 90 valence electrons. The molecule has 0 bridgehead atoms. The molecule has 0 N–H and O–H groups in total. The molecule has 0 radical (unpaired) electrons. The fourth-order valence-corrected chi connectivity index (χ4v) is 0.697. The molecule has 1 atom stereocenters. The first-order chi connectivity index (χ1) is 4.31. The minimum Gasteiger partial charge on any atom is -0.0776 e. The van der Waals surface area contributed by atoms with Crippen LogP contribution in [0.15, 0.2) is 0 Å². The summed E-state index contributed by atoms with van der Waals surface area (Å²) in [6, 6.07) is 0. The van der Waals surface area contributed by atoms with Gasteiger partial charge in [0.15, 0.2) is 0 Å². The summed E-state index contributed by atoms with van der Waals surface area (Å²) >= 11 is 0. The summed E-state index contributed by atoms with van der Waals surface area (Å²) in [5.41, 5.74) is 0. The van der Waals surface area contributed by atoms with E-state index < -0.39 is 0 Å². The van der Waals surface area contributed by atoms with Gasteiger partial charge in [-0.1, -0.05) is 61.3 Å². The Kier molecular flexibility index (Phi) is 99.7. The van der Waals surface area contributed by atoms with Gasteiger partial charge in [0.2, 0.25) is 0 Å². The molecule has 0 aromatic heterocycles. The van der Waals surface area contributed by atoms with Crippen LogP contribution in [0.3, 0.4) is 0 Å². The molecule has 0 spiro atoms. The minimum absolute atomic E-state index is 0. The van der Waals surface area contributed by atoms with Gasteiger partial charge in [-0.3, -0.25) is 0 Å². The molecule has 3 heteroatoms. The molecular weight excluding hydrogens is 240 g/mol. The van der Waals surface area contributed by atoms with E-state index in [0.717, 1.165) is 5.92 Å². The fraction of sp³-hybridized carbons (Fsp3) is 1.00. The normalized spacial score (nSPS) is 8.08. The van der Waals surface area contributed by atoms with Gasteiger partial charge in [-0.2, -0.15) is 0 Å². The summed E-state index contributed by atoms with van der Waals surface area (Å²) in [4.78, 5) is 0. The van der Waals surface area contributed by atoms with Crippen LogP contribution < -0.4 is 0 Å². The van der Waals surface area contributed by atoms with Gasteiger partial charge in [0.1, 0.15) is 0 Å². The molecule has 0 nitrogen and oxygen atoms in total. The number of hydrogen-bond donors (Lipinski definition) is 0. The van der Waals surface area contributed by atoms with Crippen molar-refractivity contribution in [2.24, 2.45) is 5.92 Å². The Bertz CT molecular complexity index is 41.2. The van der Waals surface area contributed by atoms with Gasteiger partial charge < -0.3 is 0 Å². The second kappa shape index (κ2) is 36.0. The van der Waals surface area contributed by atoms with Crippen LogP contribution in [-0.4, -0.2) is 0 Å². The maximum atomic E-state index is 2.31. The molecule has 13 heavy (non-hydrogen) atoms.